The van der Waals surface area contributed by atoms with Crippen LogP contribution in [0.5, 0.6) is 0 Å². The molecule has 2 N–H and O–H groups in total. The van der Waals surface area contributed by atoms with E-state index in [1.807, 2.05) is 30.3 Å². The second kappa shape index (κ2) is 11.8. The van der Waals surface area contributed by atoms with Crippen molar-refractivity contribution in [3.63, 3.8) is 0 Å². The monoisotopic (exact) mass is 320 g/mol. The van der Waals surface area contributed by atoms with Crippen LogP contribution in [-0.4, -0.2) is 41.4 Å². The number of carbonyl (C=O) groups is 2. The first-order valence-corrected chi connectivity index (χ1v) is 8.36. The highest BCUT2D eigenvalue weighted by Crippen LogP contribution is 2.05. The smallest absolute Gasteiger partial charge is 0.243 e. The molecule has 0 atom stereocenters. The van der Waals surface area contributed by atoms with E-state index in [4.69, 9.17) is 5.21 Å². The van der Waals surface area contributed by atoms with Gasteiger partial charge < -0.3 is 4.90 Å². The highest BCUT2D eigenvalue weighted by Gasteiger charge is 2.10. The van der Waals surface area contributed by atoms with Crippen molar-refractivity contribution >= 4 is 11.7 Å². The zero-order valence-corrected chi connectivity index (χ0v) is 14.0. The minimum atomic E-state index is -0.361. The Morgan fingerprint density at radius 2 is 1.74 bits per heavy atom. The van der Waals surface area contributed by atoms with Crippen LogP contribution in [0.25, 0.3) is 0 Å². The number of carbonyl (C=O) groups excluding carboxylic acids is 2. The fourth-order valence-electron chi connectivity index (χ4n) is 2.43. The molecule has 23 heavy (non-hydrogen) atoms. The summed E-state index contributed by atoms with van der Waals surface area (Å²) in [5.41, 5.74) is 2.70. The minimum absolute atomic E-state index is 0.241. The summed E-state index contributed by atoms with van der Waals surface area (Å²) in [5, 5.41) is 8.50. The Bertz CT molecular complexity index is 463. The van der Waals surface area contributed by atoms with Gasteiger partial charge in [-0.05, 0) is 31.5 Å². The summed E-state index contributed by atoms with van der Waals surface area (Å²) in [5.74, 6) is -0.119. The first-order valence-electron chi connectivity index (χ1n) is 8.36. The zero-order valence-electron chi connectivity index (χ0n) is 14.0. The van der Waals surface area contributed by atoms with Crippen LogP contribution in [0.2, 0.25) is 0 Å². The Balaban J connectivity index is 2.34. The van der Waals surface area contributed by atoms with Crippen LogP contribution < -0.4 is 5.48 Å². The van der Waals surface area contributed by atoms with Gasteiger partial charge in [0.05, 0.1) is 0 Å². The van der Waals surface area contributed by atoms with Crippen molar-refractivity contribution in [3.05, 3.63) is 35.9 Å². The van der Waals surface area contributed by atoms with Crippen molar-refractivity contribution in [1.82, 2.24) is 10.4 Å². The summed E-state index contributed by atoms with van der Waals surface area (Å²) in [6, 6.07) is 9.79. The first-order chi connectivity index (χ1) is 11.2. The summed E-state index contributed by atoms with van der Waals surface area (Å²) in [6.07, 6.45) is 4.19. The number of hydrogen-bond acceptors (Lipinski definition) is 4. The molecular formula is C18H28N2O3. The maximum absolute atomic E-state index is 12.1. The second-order valence-corrected chi connectivity index (χ2v) is 5.78. The normalized spacial score (nSPS) is 10.7. The van der Waals surface area contributed by atoms with Crippen molar-refractivity contribution in [1.29, 1.82) is 0 Å². The second-order valence-electron chi connectivity index (χ2n) is 5.78. The van der Waals surface area contributed by atoms with Gasteiger partial charge >= 0.3 is 0 Å². The molecular weight excluding hydrogens is 292 g/mol. The van der Waals surface area contributed by atoms with Gasteiger partial charge in [-0.15, -0.1) is 0 Å². The molecule has 0 aromatic heterocycles. The lowest BCUT2D eigenvalue weighted by Crippen LogP contribution is -2.30. The topological polar surface area (TPSA) is 69.6 Å². The molecule has 0 unspecified atom stereocenters. The van der Waals surface area contributed by atoms with E-state index in [0.717, 1.165) is 38.0 Å². The number of benzene rings is 1. The molecule has 0 fully saturated rings. The van der Waals surface area contributed by atoms with E-state index in [9.17, 15) is 9.59 Å². The van der Waals surface area contributed by atoms with Crippen LogP contribution in [0.4, 0.5) is 0 Å². The summed E-state index contributed by atoms with van der Waals surface area (Å²) < 4.78 is 0. The molecule has 0 saturated carbocycles. The lowest BCUT2D eigenvalue weighted by atomic mass is 10.1. The van der Waals surface area contributed by atoms with Gasteiger partial charge in [0.25, 0.3) is 0 Å². The van der Waals surface area contributed by atoms with Crippen LogP contribution in [0, 0.1) is 0 Å². The van der Waals surface area contributed by atoms with Gasteiger partial charge in [-0.1, -0.05) is 43.7 Å². The van der Waals surface area contributed by atoms with Crippen LogP contribution in [0.3, 0.4) is 0 Å². The number of hydrogen-bond donors (Lipinski definition) is 2. The number of ketones is 1. The van der Waals surface area contributed by atoms with E-state index in [0.29, 0.717) is 25.7 Å². The van der Waals surface area contributed by atoms with E-state index in [1.165, 1.54) is 0 Å². The summed E-state index contributed by atoms with van der Waals surface area (Å²) in [4.78, 5) is 25.4. The fourth-order valence-corrected chi connectivity index (χ4v) is 2.43. The molecule has 5 heteroatoms. The third-order valence-corrected chi connectivity index (χ3v) is 3.78. The van der Waals surface area contributed by atoms with Crippen molar-refractivity contribution in [2.24, 2.45) is 0 Å². The number of amides is 1. The molecule has 0 saturated heterocycles. The van der Waals surface area contributed by atoms with Crippen molar-refractivity contribution in [2.45, 2.75) is 45.4 Å². The molecule has 1 rings (SSSR count). The molecule has 5 nitrogen and oxygen atoms in total. The summed E-state index contributed by atoms with van der Waals surface area (Å²) >= 11 is 0. The molecule has 1 aromatic rings. The molecule has 128 valence electrons. The van der Waals surface area contributed by atoms with E-state index in [2.05, 4.69) is 11.8 Å². The molecule has 0 spiro atoms. The number of hydroxylamine groups is 1. The highest BCUT2D eigenvalue weighted by molar-refractivity contribution is 5.81. The minimum Gasteiger partial charge on any atom is -0.303 e. The van der Waals surface area contributed by atoms with Crippen molar-refractivity contribution in [3.8, 4) is 0 Å². The maximum Gasteiger partial charge on any atom is 0.243 e. The Morgan fingerprint density at radius 1 is 1.04 bits per heavy atom. The standard InChI is InChI=1S/C18H28N2O3/c1-2-3-12-20(13-7-10-18(22)19-23)14-11-17(21)15-16-8-5-4-6-9-16/h4-6,8-9,23H,2-3,7,10-15H2,1H3,(H,19,22). The SMILES string of the molecule is CCCCN(CCCC(=O)NO)CCC(=O)Cc1ccccc1. The molecule has 0 radical (unpaired) electrons. The molecule has 1 aromatic carbocycles. The molecule has 0 heterocycles. The molecule has 0 aliphatic heterocycles. The summed E-state index contributed by atoms with van der Waals surface area (Å²) in [7, 11) is 0. The van der Waals surface area contributed by atoms with Crippen LogP contribution in [-0.2, 0) is 16.0 Å². The summed E-state index contributed by atoms with van der Waals surface area (Å²) in [6.45, 7) is 4.58. The van der Waals surface area contributed by atoms with E-state index >= 15 is 0 Å². The number of Topliss-reactive ketones (excluding diaryl/α,β-unsaturated/α-hetero) is 1. The molecule has 0 aliphatic carbocycles. The van der Waals surface area contributed by atoms with Gasteiger partial charge in [0, 0.05) is 25.8 Å². The zero-order chi connectivity index (χ0) is 16.9. The van der Waals surface area contributed by atoms with Crippen LogP contribution in [0.1, 0.15) is 44.6 Å². The average molecular weight is 320 g/mol. The lowest BCUT2D eigenvalue weighted by molar-refractivity contribution is -0.129. The fraction of sp³-hybridized carbons (Fsp3) is 0.556. The van der Waals surface area contributed by atoms with E-state index in [1.54, 1.807) is 5.48 Å². The average Bonchev–Trinajstić information content (AvgIpc) is 2.57. The Hall–Kier alpha value is -1.72. The predicted octanol–water partition coefficient (Wildman–Crippen LogP) is 2.58. The molecule has 1 amide bonds. The van der Waals surface area contributed by atoms with E-state index < -0.39 is 0 Å². The highest BCUT2D eigenvalue weighted by atomic mass is 16.5. The maximum atomic E-state index is 12.1. The van der Waals surface area contributed by atoms with Gasteiger partial charge in [0.2, 0.25) is 5.91 Å². The van der Waals surface area contributed by atoms with Crippen molar-refractivity contribution < 1.29 is 14.8 Å². The third-order valence-electron chi connectivity index (χ3n) is 3.78. The number of nitrogens with one attached hydrogen (secondary N) is 1. The van der Waals surface area contributed by atoms with Gasteiger partial charge in [0.15, 0.2) is 0 Å². The van der Waals surface area contributed by atoms with Gasteiger partial charge in [-0.2, -0.15) is 0 Å². The predicted molar refractivity (Wildman–Crippen MR) is 90.3 cm³/mol. The largest absolute Gasteiger partial charge is 0.303 e. The molecule has 0 bridgehead atoms. The molecule has 0 aliphatic rings. The Kier molecular flexibility index (Phi) is 9.91. The first kappa shape index (κ1) is 19.3. The number of unbranched alkanes of at least 4 members (excludes halogenated alkanes) is 1. The Labute approximate surface area is 138 Å². The van der Waals surface area contributed by atoms with Crippen LogP contribution in [0.15, 0.2) is 30.3 Å². The van der Waals surface area contributed by atoms with Crippen molar-refractivity contribution in [2.75, 3.05) is 19.6 Å². The van der Waals surface area contributed by atoms with E-state index in [-0.39, 0.29) is 11.7 Å². The van der Waals surface area contributed by atoms with Gasteiger partial charge in [-0.3, -0.25) is 14.8 Å². The van der Waals surface area contributed by atoms with Gasteiger partial charge in [0.1, 0.15) is 5.78 Å². The lowest BCUT2D eigenvalue weighted by Gasteiger charge is -2.21. The quantitative estimate of drug-likeness (QED) is 0.459. The third kappa shape index (κ3) is 9.11. The Morgan fingerprint density at radius 3 is 2.39 bits per heavy atom. The number of nitrogens with zero attached hydrogens (tertiary/aromatic N) is 1. The number of rotatable bonds is 12. The van der Waals surface area contributed by atoms with Gasteiger partial charge in [-0.25, -0.2) is 5.48 Å². The van der Waals surface area contributed by atoms with Crippen LogP contribution >= 0.6 is 0 Å².